The second-order valence-electron chi connectivity index (χ2n) is 6.86. The van der Waals surface area contributed by atoms with E-state index in [1.54, 1.807) is 11.8 Å². The summed E-state index contributed by atoms with van der Waals surface area (Å²) in [5.74, 6) is 1.37. The molecule has 2 fully saturated rings. The lowest BCUT2D eigenvalue weighted by molar-refractivity contribution is -0.142. The quantitative estimate of drug-likeness (QED) is 0.843. The van der Waals surface area contributed by atoms with Gasteiger partial charge in [0.05, 0.1) is 12.5 Å². The fraction of sp³-hybridized carbons (Fsp3) is 0.765. The number of amides is 2. The van der Waals surface area contributed by atoms with Crippen molar-refractivity contribution in [3.05, 3.63) is 11.8 Å². The summed E-state index contributed by atoms with van der Waals surface area (Å²) < 4.78 is 5.58. The smallest absolute Gasteiger partial charge is 0.242 e. The molecule has 7 heteroatoms. The van der Waals surface area contributed by atoms with Crippen LogP contribution in [0.1, 0.15) is 63.1 Å². The molecule has 1 aromatic heterocycles. The highest BCUT2D eigenvalue weighted by molar-refractivity contribution is 5.85. The van der Waals surface area contributed by atoms with E-state index in [0.717, 1.165) is 38.6 Å². The maximum atomic E-state index is 12.8. The molecule has 0 bridgehead atoms. The molecule has 3 rings (SSSR count). The van der Waals surface area contributed by atoms with Gasteiger partial charge in [-0.05, 0) is 32.6 Å². The largest absolute Gasteiger partial charge is 0.425 e. The number of rotatable bonds is 3. The Kier molecular flexibility index (Phi) is 5.16. The molecule has 3 heterocycles. The Morgan fingerprint density at radius 2 is 2.04 bits per heavy atom. The molecule has 132 valence electrons. The lowest BCUT2D eigenvalue weighted by atomic mass is 9.90. The van der Waals surface area contributed by atoms with Crippen LogP contribution in [0.5, 0.6) is 0 Å². The van der Waals surface area contributed by atoms with E-state index in [9.17, 15) is 9.59 Å². The summed E-state index contributed by atoms with van der Waals surface area (Å²) >= 11 is 0. The molecule has 2 amide bonds. The minimum absolute atomic E-state index is 0.00757. The third-order valence-corrected chi connectivity index (χ3v) is 5.16. The maximum absolute atomic E-state index is 12.8. The summed E-state index contributed by atoms with van der Waals surface area (Å²) in [6.07, 6.45) is 5.40. The van der Waals surface area contributed by atoms with Crippen molar-refractivity contribution in [1.29, 1.82) is 0 Å². The van der Waals surface area contributed by atoms with E-state index >= 15 is 0 Å². The lowest BCUT2D eigenvalue weighted by Crippen LogP contribution is -2.50. The summed E-state index contributed by atoms with van der Waals surface area (Å²) in [5.41, 5.74) is 0. The first-order chi connectivity index (χ1) is 11.6. The van der Waals surface area contributed by atoms with Crippen LogP contribution in [0, 0.1) is 6.92 Å². The highest BCUT2D eigenvalue weighted by atomic mass is 16.4. The molecule has 0 aromatic carbocycles. The number of aryl methyl sites for hydroxylation is 1. The van der Waals surface area contributed by atoms with Crippen molar-refractivity contribution in [3.8, 4) is 0 Å². The molecule has 2 aliphatic heterocycles. The minimum atomic E-state index is 0.00757. The standard InChI is InChI=1S/C17H26N4O3/c1-12-14(17-19-18-13(2)24-17)7-6-10-21(12)16(23)11-20-9-5-3-4-8-15(20)22/h12,14H,3-11H2,1-2H3/t12-,14-/m0/s1. The molecular weight excluding hydrogens is 308 g/mol. The average molecular weight is 334 g/mol. The SMILES string of the molecule is Cc1nnc([C@H]2CCCN(C(=O)CN3CCCCCC3=O)[C@H]2C)o1. The fourth-order valence-corrected chi connectivity index (χ4v) is 3.75. The maximum Gasteiger partial charge on any atom is 0.242 e. The van der Waals surface area contributed by atoms with Gasteiger partial charge in [-0.1, -0.05) is 6.42 Å². The molecule has 2 saturated heterocycles. The Balaban J connectivity index is 1.66. The zero-order valence-electron chi connectivity index (χ0n) is 14.5. The van der Waals surface area contributed by atoms with Gasteiger partial charge in [0.2, 0.25) is 23.6 Å². The zero-order valence-corrected chi connectivity index (χ0v) is 14.5. The fourth-order valence-electron chi connectivity index (χ4n) is 3.75. The van der Waals surface area contributed by atoms with Gasteiger partial charge in [-0.25, -0.2) is 0 Å². The summed E-state index contributed by atoms with van der Waals surface area (Å²) in [5, 5.41) is 8.04. The molecule has 0 aliphatic carbocycles. The number of piperidine rings is 1. The molecule has 0 radical (unpaired) electrons. The van der Waals surface area contributed by atoms with Gasteiger partial charge in [0, 0.05) is 32.5 Å². The Labute approximate surface area is 142 Å². The Morgan fingerprint density at radius 1 is 1.21 bits per heavy atom. The van der Waals surface area contributed by atoms with E-state index in [2.05, 4.69) is 10.2 Å². The first-order valence-corrected chi connectivity index (χ1v) is 8.93. The molecule has 0 saturated carbocycles. The van der Waals surface area contributed by atoms with Crippen LogP contribution in [0.25, 0.3) is 0 Å². The second kappa shape index (κ2) is 7.32. The van der Waals surface area contributed by atoms with Crippen LogP contribution in [0.3, 0.4) is 0 Å². The van der Waals surface area contributed by atoms with Gasteiger partial charge in [0.25, 0.3) is 0 Å². The van der Waals surface area contributed by atoms with Gasteiger partial charge in [-0.2, -0.15) is 0 Å². The number of nitrogens with zero attached hydrogens (tertiary/aromatic N) is 4. The summed E-state index contributed by atoms with van der Waals surface area (Å²) in [6.45, 7) is 5.42. The van der Waals surface area contributed by atoms with Crippen LogP contribution in [0.4, 0.5) is 0 Å². The summed E-state index contributed by atoms with van der Waals surface area (Å²) in [4.78, 5) is 28.5. The van der Waals surface area contributed by atoms with E-state index in [-0.39, 0.29) is 30.3 Å². The van der Waals surface area contributed by atoms with Gasteiger partial charge < -0.3 is 14.2 Å². The topological polar surface area (TPSA) is 79.5 Å². The van der Waals surface area contributed by atoms with Crippen molar-refractivity contribution >= 4 is 11.8 Å². The Morgan fingerprint density at radius 3 is 2.79 bits per heavy atom. The number of hydrogen-bond acceptors (Lipinski definition) is 5. The molecule has 2 aliphatic rings. The summed E-state index contributed by atoms with van der Waals surface area (Å²) in [7, 11) is 0. The number of aromatic nitrogens is 2. The van der Waals surface area contributed by atoms with E-state index < -0.39 is 0 Å². The number of carbonyl (C=O) groups excluding carboxylic acids is 2. The van der Waals surface area contributed by atoms with Gasteiger partial charge in [0.1, 0.15) is 0 Å². The predicted octanol–water partition coefficient (Wildman–Crippen LogP) is 1.88. The van der Waals surface area contributed by atoms with Gasteiger partial charge in [-0.3, -0.25) is 9.59 Å². The lowest BCUT2D eigenvalue weighted by Gasteiger charge is -2.38. The number of hydrogen-bond donors (Lipinski definition) is 0. The van der Waals surface area contributed by atoms with Crippen LogP contribution >= 0.6 is 0 Å². The molecule has 0 N–H and O–H groups in total. The van der Waals surface area contributed by atoms with Crippen LogP contribution in [-0.4, -0.2) is 57.5 Å². The average Bonchev–Trinajstić information content (AvgIpc) is 2.89. The van der Waals surface area contributed by atoms with E-state index in [4.69, 9.17) is 4.42 Å². The molecular formula is C17H26N4O3. The van der Waals surface area contributed by atoms with Crippen molar-refractivity contribution in [2.24, 2.45) is 0 Å². The Bertz CT molecular complexity index is 600. The van der Waals surface area contributed by atoms with Crippen molar-refractivity contribution in [2.45, 2.75) is 64.3 Å². The van der Waals surface area contributed by atoms with Gasteiger partial charge in [-0.15, -0.1) is 10.2 Å². The highest BCUT2D eigenvalue weighted by Crippen LogP contribution is 2.32. The van der Waals surface area contributed by atoms with E-state index in [1.165, 1.54) is 0 Å². The van der Waals surface area contributed by atoms with Crippen LogP contribution in [0.15, 0.2) is 4.42 Å². The second-order valence-corrected chi connectivity index (χ2v) is 6.86. The van der Waals surface area contributed by atoms with Crippen LogP contribution in [-0.2, 0) is 9.59 Å². The zero-order chi connectivity index (χ0) is 17.1. The molecule has 7 nitrogen and oxygen atoms in total. The normalized spacial score (nSPS) is 25.7. The van der Waals surface area contributed by atoms with Crippen LogP contribution in [0.2, 0.25) is 0 Å². The van der Waals surface area contributed by atoms with Gasteiger partial charge in [0.15, 0.2) is 0 Å². The summed E-state index contributed by atoms with van der Waals surface area (Å²) in [6, 6.07) is 0.00757. The molecule has 2 atom stereocenters. The molecule has 1 aromatic rings. The number of likely N-dealkylation sites (tertiary alicyclic amines) is 2. The third-order valence-electron chi connectivity index (χ3n) is 5.16. The van der Waals surface area contributed by atoms with E-state index in [1.807, 2.05) is 11.8 Å². The van der Waals surface area contributed by atoms with Gasteiger partial charge >= 0.3 is 0 Å². The first-order valence-electron chi connectivity index (χ1n) is 8.93. The first kappa shape index (κ1) is 16.9. The number of carbonyl (C=O) groups is 2. The monoisotopic (exact) mass is 334 g/mol. The third kappa shape index (κ3) is 3.60. The molecule has 0 spiro atoms. The minimum Gasteiger partial charge on any atom is -0.425 e. The van der Waals surface area contributed by atoms with Crippen LogP contribution < -0.4 is 0 Å². The highest BCUT2D eigenvalue weighted by Gasteiger charge is 2.35. The molecule has 0 unspecified atom stereocenters. The van der Waals surface area contributed by atoms with Crippen molar-refractivity contribution in [1.82, 2.24) is 20.0 Å². The van der Waals surface area contributed by atoms with Crippen molar-refractivity contribution in [2.75, 3.05) is 19.6 Å². The van der Waals surface area contributed by atoms with Crippen molar-refractivity contribution in [3.63, 3.8) is 0 Å². The predicted molar refractivity (Wildman–Crippen MR) is 87.2 cm³/mol. The van der Waals surface area contributed by atoms with Crippen molar-refractivity contribution < 1.29 is 14.0 Å². The van der Waals surface area contributed by atoms with E-state index in [0.29, 0.717) is 24.7 Å². The Hall–Kier alpha value is -1.92. The molecule has 24 heavy (non-hydrogen) atoms.